The number of carboxylic acid groups (broad SMARTS) is 1. The third-order valence-electron chi connectivity index (χ3n) is 25.0. The third-order valence-corrected chi connectivity index (χ3v) is 28.2. The number of amides is 1. The molecule has 12 aromatic rings. The number of hydrogen-bond donors (Lipinski definition) is 4. The lowest BCUT2D eigenvalue weighted by molar-refractivity contribution is -0.385. The number of fused-ring (bicyclic) bond motifs is 2. The van der Waals surface area contributed by atoms with Gasteiger partial charge in [-0.25, -0.2) is 4.79 Å². The van der Waals surface area contributed by atoms with Crippen molar-refractivity contribution in [2.24, 2.45) is 10.9 Å². The smallest absolute Gasteiger partial charge is 0.342 e. The number of nitrogens with one attached hydrogen (secondary N) is 3. The van der Waals surface area contributed by atoms with Crippen molar-refractivity contribution >= 4 is 196 Å². The molecule has 0 bridgehead atoms. The number of nitrogens with zero attached hydrogens (tertiary/aromatic N) is 8. The molecule has 1 fully saturated rings. The molecule has 0 radical (unpaired) electrons. The number of aromatic nitrogens is 4. The van der Waals surface area contributed by atoms with Gasteiger partial charge in [0.25, 0.3) is 33.7 Å². The molecular formula is C102H88Cl11N11O24. The molecule has 5 atom stereocenters. The molecule has 772 valence electrons. The van der Waals surface area contributed by atoms with E-state index in [4.69, 9.17) is 176 Å². The van der Waals surface area contributed by atoms with Crippen molar-refractivity contribution < 1.29 is 91.6 Å². The summed E-state index contributed by atoms with van der Waals surface area (Å²) in [4.78, 5) is 116. The normalized spacial score (nSPS) is 15.6. The average Bonchev–Trinajstić information content (AvgIpc) is 1.55. The molecule has 1 saturated carbocycles. The van der Waals surface area contributed by atoms with Gasteiger partial charge in [-0.2, -0.15) is 10.2 Å². The number of carboxylic acids is 1. The molecule has 148 heavy (non-hydrogen) atoms. The number of Topliss-reactive ketones (excluding diaryl/α,β-unsaturated/α-hetero) is 2. The Kier molecular flexibility index (Phi) is 38.8. The molecule has 1 amide bonds. The van der Waals surface area contributed by atoms with Crippen LogP contribution >= 0.6 is 128 Å². The second-order valence-corrected chi connectivity index (χ2v) is 38.0. The molecule has 17 rings (SSSR count). The Morgan fingerprint density at radius 2 is 0.777 bits per heavy atom. The first-order chi connectivity index (χ1) is 70.6. The van der Waals surface area contributed by atoms with Crippen LogP contribution in [0.3, 0.4) is 0 Å². The molecule has 46 heteroatoms. The van der Waals surface area contributed by atoms with E-state index < -0.39 is 53.2 Å². The number of halogens is 11. The largest absolute Gasteiger partial charge is 0.497 e. The van der Waals surface area contributed by atoms with Gasteiger partial charge in [-0.1, -0.05) is 123 Å². The summed E-state index contributed by atoms with van der Waals surface area (Å²) in [6.45, 7) is 4.12. The van der Waals surface area contributed by atoms with Gasteiger partial charge >= 0.3 is 5.97 Å². The molecule has 3 heterocycles. The van der Waals surface area contributed by atoms with Crippen molar-refractivity contribution in [2.45, 2.75) is 101 Å². The van der Waals surface area contributed by atoms with E-state index in [1.165, 1.54) is 73.9 Å². The first-order valence-electron chi connectivity index (χ1n) is 44.6. The number of aromatic carboxylic acids is 1. The fourth-order valence-corrected chi connectivity index (χ4v) is 20.7. The van der Waals surface area contributed by atoms with Crippen molar-refractivity contribution in [1.82, 2.24) is 20.4 Å². The summed E-state index contributed by atoms with van der Waals surface area (Å²) in [5.41, 5.74) is 12.4. The van der Waals surface area contributed by atoms with Crippen LogP contribution < -0.4 is 43.2 Å². The van der Waals surface area contributed by atoms with Gasteiger partial charge in [0.2, 0.25) is 5.91 Å². The number of benzene rings is 10. The molecule has 5 aliphatic rings. The Hall–Kier alpha value is -13.7. The molecule has 0 saturated heterocycles. The number of carbonyl (C=O) groups excluding carboxylic acids is 4. The van der Waals surface area contributed by atoms with E-state index in [1.807, 2.05) is 36.4 Å². The quantitative estimate of drug-likeness (QED) is 0.00976. The molecule has 4 aliphatic carbocycles. The van der Waals surface area contributed by atoms with Crippen LogP contribution in [-0.2, 0) is 35.3 Å². The zero-order valence-corrected chi connectivity index (χ0v) is 87.8. The van der Waals surface area contributed by atoms with E-state index in [0.717, 1.165) is 137 Å². The number of allylic oxidation sites excluding steroid dienone is 1. The van der Waals surface area contributed by atoms with Crippen LogP contribution in [0.5, 0.6) is 46.0 Å². The number of hydrogen-bond acceptors (Lipinski definition) is 26. The minimum absolute atomic E-state index is 0.00463. The monoisotopic (exact) mass is 2240 g/mol. The van der Waals surface area contributed by atoms with Gasteiger partial charge in [-0.3, -0.25) is 84.9 Å². The fraction of sp³-hybridized carbons (Fsp3) is 0.255. The molecule has 10 aromatic carbocycles. The number of ketones is 2. The summed E-state index contributed by atoms with van der Waals surface area (Å²) in [5.74, 6) is 1.87. The number of aromatic amines is 2. The van der Waals surface area contributed by atoms with Gasteiger partial charge in [0.05, 0.1) is 142 Å². The zero-order valence-electron chi connectivity index (χ0n) is 79.4. The predicted octanol–water partition coefficient (Wildman–Crippen LogP) is 27.2. The average molecular weight is 2240 g/mol. The van der Waals surface area contributed by atoms with Crippen LogP contribution in [0, 0.1) is 56.5 Å². The Labute approximate surface area is 899 Å². The lowest BCUT2D eigenvalue weighted by Crippen LogP contribution is -2.30. The Morgan fingerprint density at radius 3 is 1.18 bits per heavy atom. The van der Waals surface area contributed by atoms with Crippen LogP contribution in [0.4, 0.5) is 34.1 Å². The van der Waals surface area contributed by atoms with Crippen LogP contribution in [0.15, 0.2) is 187 Å². The molecule has 35 nitrogen and oxygen atoms in total. The zero-order chi connectivity index (χ0) is 108. The highest BCUT2D eigenvalue weighted by Crippen LogP contribution is 2.53. The lowest BCUT2D eigenvalue weighted by atomic mass is 9.75. The first-order valence-corrected chi connectivity index (χ1v) is 48.7. The summed E-state index contributed by atoms with van der Waals surface area (Å²) in [6.07, 6.45) is 9.16. The number of anilines is 1. The molecular weight excluding hydrogens is 2150 g/mol. The van der Waals surface area contributed by atoms with Crippen LogP contribution in [0.1, 0.15) is 156 Å². The van der Waals surface area contributed by atoms with E-state index in [1.54, 1.807) is 97.3 Å². The second kappa shape index (κ2) is 50.8. The second-order valence-electron chi connectivity index (χ2n) is 33.5. The number of ether oxygens (including phenoxy) is 8. The number of methoxy groups -OCH3 is 8. The SMILES string of the molecule is C=CC(=O)Nc1cc(Cl)ccc1C1=NCC2=C1CCC(c1c(Cl)c(OC)cc(OC)c1Cl)C2.COc1cc(OC)c(Cl)c(C2CCc3c(-c4ccc(Cl)cc4[N+](=O)[O-])n[nH]c3C2)c1Cl.COc1cc(OC)cc(C2CCC(C(=O)c3ccc(Cl)cc3[N+](=O)[O-])C(=O)C2)c1.COc1cc(OC)cc(C2CCc3c(-c4ccc(Cl)cc4[N+](=O)[O-])n[nH]c3C2)c1.O=C(Cl)c1ccc(Cl)cc1[N+](=O)[O-].O=C(O)c1ccc(Cl)cc1[N+](=O)[O-]. The van der Waals surface area contributed by atoms with Crippen molar-refractivity contribution in [2.75, 3.05) is 68.7 Å². The Bertz CT molecular complexity index is 7130. The van der Waals surface area contributed by atoms with E-state index in [9.17, 15) is 74.5 Å². The number of nitro benzene ring substituents is 5. The molecule has 5 unspecified atom stereocenters. The summed E-state index contributed by atoms with van der Waals surface area (Å²) in [6, 6.07) is 40.4. The number of carbonyl (C=O) groups is 5. The highest BCUT2D eigenvalue weighted by molar-refractivity contribution is 6.68. The number of nitro groups is 5. The molecule has 4 N–H and O–H groups in total. The topological polar surface area (TPSA) is 477 Å². The predicted molar refractivity (Wildman–Crippen MR) is 565 cm³/mol. The van der Waals surface area contributed by atoms with Crippen LogP contribution in [0.25, 0.3) is 22.5 Å². The highest BCUT2D eigenvalue weighted by atomic mass is 35.5. The van der Waals surface area contributed by atoms with Crippen molar-refractivity contribution in [3.63, 3.8) is 0 Å². The molecule has 0 spiro atoms. The first kappa shape index (κ1) is 113. The van der Waals surface area contributed by atoms with Crippen LogP contribution in [0.2, 0.25) is 50.2 Å². The number of aliphatic imine (C=N–C) groups is 1. The van der Waals surface area contributed by atoms with Crippen molar-refractivity contribution in [1.29, 1.82) is 0 Å². The highest BCUT2D eigenvalue weighted by Gasteiger charge is 2.40. The maximum Gasteiger partial charge on any atom is 0.342 e. The van der Waals surface area contributed by atoms with Gasteiger partial charge < -0.3 is 48.3 Å². The molecule has 1 aliphatic heterocycles. The summed E-state index contributed by atoms with van der Waals surface area (Å²) < 4.78 is 43.0. The van der Waals surface area contributed by atoms with Gasteiger partial charge in [0, 0.05) is 130 Å². The van der Waals surface area contributed by atoms with Gasteiger partial charge in [-0.15, -0.1) is 0 Å². The number of rotatable bonds is 26. The maximum atomic E-state index is 12.9. The third kappa shape index (κ3) is 26.5. The van der Waals surface area contributed by atoms with Crippen LogP contribution in [-0.4, -0.2) is 148 Å². The summed E-state index contributed by atoms with van der Waals surface area (Å²) >= 11 is 66.5. The maximum absolute atomic E-state index is 12.9. The van der Waals surface area contributed by atoms with Gasteiger partial charge in [0.15, 0.2) is 5.78 Å². The van der Waals surface area contributed by atoms with Gasteiger partial charge in [-0.05, 0) is 237 Å². The minimum Gasteiger partial charge on any atom is -0.497 e. The Balaban J connectivity index is 0.000000162. The van der Waals surface area contributed by atoms with E-state index in [2.05, 4.69) is 32.3 Å². The van der Waals surface area contributed by atoms with E-state index >= 15 is 0 Å². The summed E-state index contributed by atoms with van der Waals surface area (Å²) in [7, 11) is 12.6. The lowest BCUT2D eigenvalue weighted by Gasteiger charge is -2.27. The Morgan fingerprint density at radius 1 is 0.419 bits per heavy atom. The van der Waals surface area contributed by atoms with Gasteiger partial charge in [0.1, 0.15) is 74.3 Å². The number of H-pyrrole nitrogens is 2. The van der Waals surface area contributed by atoms with Crippen molar-refractivity contribution in [3.8, 4) is 68.5 Å². The van der Waals surface area contributed by atoms with E-state index in [-0.39, 0.29) is 96.3 Å². The minimum atomic E-state index is -1.34. The molecule has 2 aromatic heterocycles. The van der Waals surface area contributed by atoms with E-state index in [0.29, 0.717) is 130 Å². The standard InChI is InChI=1S/C25H23Cl3N2O3.C21H18Cl3N3O4.C21H20ClN3O4.C21H20ClNO6.C7H3Cl2NO3.C7H4ClNO4/c1-4-21(31)30-18-10-15(26)6-8-17(18)25-16-7-5-13(9-14(16)12-29-25)22-23(27)19(32-2)11-20(33-3)24(22)28;1-30-16-9-17(31-2)20(24)18(19(16)23)10-3-5-12-14(7-10)25-26-21(12)13-6-4-11(22)8-15(13)27(28)29;1-28-15-7-13(8-16(11-15)29-2)12-3-5-17-19(9-12)23-24-21(17)18-6-4-14(22)10-20(18)25(26)27;1-28-15-7-13(8-16(11-15)29-2)12-3-5-18(20(24)9-12)21(25)17-6-4-14(22)10-19(17)23(26)27;8-4-1-2-5(7(9)11)6(3-4)10(12)13;8-4-1-2-5(7(10)11)6(3-4)9(12)13/h4,6,8,10-11,13H,1,5,7,9,12H2,2-3H3,(H,30,31);4,6,8-10H,3,5,7H2,1-2H3,(H,25,26);4,6-8,10-12H,3,5,9H2,1-2H3,(H,23,24);4,6-8,10-12,18H,3,5,9H2,1-2H3;1-3H;1-3H,(H,10,11). The fourth-order valence-electron chi connectivity index (χ4n) is 17.9. The van der Waals surface area contributed by atoms with Crippen molar-refractivity contribution in [3.05, 3.63) is 349 Å². The summed E-state index contributed by atoms with van der Waals surface area (Å²) in [5, 5.41) is 84.1.